The molecule has 1 heteroatoms. The lowest BCUT2D eigenvalue weighted by atomic mass is 9.67. The highest BCUT2D eigenvalue weighted by atomic mass is 15.1. The van der Waals surface area contributed by atoms with Crippen LogP contribution in [-0.2, 0) is 5.41 Å². The summed E-state index contributed by atoms with van der Waals surface area (Å²) in [5.41, 5.74) is 10.7. The molecule has 0 radical (unpaired) electrons. The maximum absolute atomic E-state index is 2.41. The third-order valence-electron chi connectivity index (χ3n) is 8.71. The fraction of sp³-hybridized carbons (Fsp3) is 0.0244. The summed E-state index contributed by atoms with van der Waals surface area (Å²) in [6, 6.07) is 63.9. The predicted octanol–water partition coefficient (Wildman–Crippen LogP) is 10.7. The molecule has 0 fully saturated rings. The summed E-state index contributed by atoms with van der Waals surface area (Å²) < 4.78 is 0. The average Bonchev–Trinajstić information content (AvgIpc) is 3.39. The Kier molecular flexibility index (Phi) is 5.75. The maximum atomic E-state index is 2.41. The molecule has 0 bridgehead atoms. The van der Waals surface area contributed by atoms with Gasteiger partial charge < -0.3 is 4.90 Å². The van der Waals surface area contributed by atoms with Crippen molar-refractivity contribution in [1.82, 2.24) is 0 Å². The molecule has 0 aromatic heterocycles. The number of hydrogen-bond acceptors (Lipinski definition) is 1. The summed E-state index contributed by atoms with van der Waals surface area (Å²) in [6.45, 7) is 0. The molecule has 0 spiro atoms. The molecule has 0 heterocycles. The van der Waals surface area contributed by atoms with E-state index >= 15 is 0 Å². The lowest BCUT2D eigenvalue weighted by molar-refractivity contribution is 0.769. The highest BCUT2D eigenvalue weighted by molar-refractivity contribution is 6.08. The summed E-state index contributed by atoms with van der Waals surface area (Å²) in [7, 11) is 0. The second-order valence-corrected chi connectivity index (χ2v) is 10.9. The number of anilines is 3. The number of benzene rings is 7. The van der Waals surface area contributed by atoms with Gasteiger partial charge in [0.05, 0.1) is 11.1 Å². The Balaban J connectivity index is 1.56. The van der Waals surface area contributed by atoms with Crippen molar-refractivity contribution >= 4 is 27.8 Å². The Bertz CT molecular complexity index is 1930. The molecule has 0 atom stereocenters. The number of para-hydroxylation sites is 2. The summed E-state index contributed by atoms with van der Waals surface area (Å²) in [5, 5.41) is 2.53. The van der Waals surface area contributed by atoms with Gasteiger partial charge in [0, 0.05) is 16.9 Å². The molecule has 7 aromatic carbocycles. The molecule has 1 aliphatic rings. The summed E-state index contributed by atoms with van der Waals surface area (Å²) in [6.07, 6.45) is 0. The first kappa shape index (κ1) is 24.4. The van der Waals surface area contributed by atoms with E-state index in [2.05, 4.69) is 181 Å². The monoisotopic (exact) mass is 535 g/mol. The Labute approximate surface area is 247 Å². The van der Waals surface area contributed by atoms with Gasteiger partial charge in [-0.2, -0.15) is 0 Å². The smallest absolute Gasteiger partial charge is 0.0714 e. The summed E-state index contributed by atoms with van der Waals surface area (Å²) in [5.74, 6) is 0. The molecule has 0 aliphatic heterocycles. The summed E-state index contributed by atoms with van der Waals surface area (Å²) >= 11 is 0. The lowest BCUT2D eigenvalue weighted by Gasteiger charge is -2.34. The van der Waals surface area contributed by atoms with E-state index in [0.29, 0.717) is 0 Å². The fourth-order valence-electron chi connectivity index (χ4n) is 7.05. The number of hydrogen-bond donors (Lipinski definition) is 0. The van der Waals surface area contributed by atoms with Crippen molar-refractivity contribution < 1.29 is 0 Å². The molecule has 1 aliphatic carbocycles. The molecular weight excluding hydrogens is 506 g/mol. The molecule has 1 nitrogen and oxygen atoms in total. The van der Waals surface area contributed by atoms with Gasteiger partial charge in [0.1, 0.15) is 0 Å². The van der Waals surface area contributed by atoms with Crippen LogP contribution in [0.25, 0.3) is 21.9 Å². The minimum Gasteiger partial charge on any atom is -0.310 e. The van der Waals surface area contributed by atoms with E-state index in [-0.39, 0.29) is 0 Å². The van der Waals surface area contributed by atoms with Crippen LogP contribution >= 0.6 is 0 Å². The Morgan fingerprint density at radius 1 is 0.357 bits per heavy atom. The standard InChI is InChI=1S/C41H29N/c1-5-17-31(18-6-1)41(32-19-7-2-8-20-32)36-26-15-27-38(40(36)39-35-25-14-13-16-30(35)28-29-37(39)41)42(33-21-9-3-10-22-33)34-23-11-4-12-24-34/h1-29H. The minimum absolute atomic E-state index is 0.466. The fourth-order valence-corrected chi connectivity index (χ4v) is 7.05. The van der Waals surface area contributed by atoms with Crippen LogP contribution in [0.4, 0.5) is 17.1 Å². The van der Waals surface area contributed by atoms with E-state index in [1.54, 1.807) is 0 Å². The summed E-state index contributed by atoms with van der Waals surface area (Å²) in [4.78, 5) is 2.41. The van der Waals surface area contributed by atoms with Crippen LogP contribution in [-0.4, -0.2) is 0 Å². The maximum Gasteiger partial charge on any atom is 0.0714 e. The van der Waals surface area contributed by atoms with Gasteiger partial charge in [-0.25, -0.2) is 0 Å². The van der Waals surface area contributed by atoms with E-state index in [1.807, 2.05) is 0 Å². The van der Waals surface area contributed by atoms with E-state index in [1.165, 1.54) is 49.8 Å². The van der Waals surface area contributed by atoms with Gasteiger partial charge in [0.15, 0.2) is 0 Å². The van der Waals surface area contributed by atoms with Gasteiger partial charge in [0.25, 0.3) is 0 Å². The molecule has 0 saturated heterocycles. The Hall–Kier alpha value is -5.40. The van der Waals surface area contributed by atoms with Gasteiger partial charge in [-0.15, -0.1) is 0 Å². The second-order valence-electron chi connectivity index (χ2n) is 10.9. The molecule has 42 heavy (non-hydrogen) atoms. The van der Waals surface area contributed by atoms with Gasteiger partial charge in [-0.1, -0.05) is 146 Å². The zero-order valence-corrected chi connectivity index (χ0v) is 23.2. The van der Waals surface area contributed by atoms with Crippen molar-refractivity contribution in [2.75, 3.05) is 4.90 Å². The van der Waals surface area contributed by atoms with Crippen LogP contribution in [0.1, 0.15) is 22.3 Å². The number of rotatable bonds is 5. The predicted molar refractivity (Wildman–Crippen MR) is 176 cm³/mol. The van der Waals surface area contributed by atoms with Gasteiger partial charge in [0.2, 0.25) is 0 Å². The van der Waals surface area contributed by atoms with Crippen molar-refractivity contribution in [1.29, 1.82) is 0 Å². The zero-order valence-electron chi connectivity index (χ0n) is 23.2. The zero-order chi connectivity index (χ0) is 27.9. The Morgan fingerprint density at radius 3 is 1.45 bits per heavy atom. The van der Waals surface area contributed by atoms with Crippen LogP contribution in [0.2, 0.25) is 0 Å². The minimum atomic E-state index is -0.466. The first-order valence-corrected chi connectivity index (χ1v) is 14.5. The van der Waals surface area contributed by atoms with Crippen molar-refractivity contribution in [3.8, 4) is 11.1 Å². The first-order chi connectivity index (χ1) is 20.9. The molecular formula is C41H29N. The van der Waals surface area contributed by atoms with Crippen LogP contribution in [0.5, 0.6) is 0 Å². The molecule has 0 N–H and O–H groups in total. The third kappa shape index (κ3) is 3.57. The van der Waals surface area contributed by atoms with E-state index in [0.717, 1.165) is 11.4 Å². The molecule has 198 valence electrons. The van der Waals surface area contributed by atoms with Crippen LogP contribution in [0, 0.1) is 0 Å². The lowest BCUT2D eigenvalue weighted by Crippen LogP contribution is -2.28. The highest BCUT2D eigenvalue weighted by Gasteiger charge is 2.48. The van der Waals surface area contributed by atoms with E-state index < -0.39 is 5.41 Å². The third-order valence-corrected chi connectivity index (χ3v) is 8.71. The van der Waals surface area contributed by atoms with Crippen molar-refractivity contribution in [3.05, 3.63) is 198 Å². The largest absolute Gasteiger partial charge is 0.310 e. The van der Waals surface area contributed by atoms with Gasteiger partial charge in [-0.05, 0) is 68.9 Å². The van der Waals surface area contributed by atoms with Crippen molar-refractivity contribution in [3.63, 3.8) is 0 Å². The van der Waals surface area contributed by atoms with Gasteiger partial charge >= 0.3 is 0 Å². The van der Waals surface area contributed by atoms with Crippen LogP contribution < -0.4 is 4.90 Å². The SMILES string of the molecule is c1ccc(N(c2ccccc2)c2cccc3c2-c2c(ccc4ccccc24)C3(c2ccccc2)c2ccccc2)cc1. The van der Waals surface area contributed by atoms with E-state index in [9.17, 15) is 0 Å². The van der Waals surface area contributed by atoms with Crippen molar-refractivity contribution in [2.45, 2.75) is 5.41 Å². The number of fused-ring (bicyclic) bond motifs is 5. The highest BCUT2D eigenvalue weighted by Crippen LogP contribution is 2.60. The van der Waals surface area contributed by atoms with Crippen LogP contribution in [0.15, 0.2) is 176 Å². The average molecular weight is 536 g/mol. The first-order valence-electron chi connectivity index (χ1n) is 14.5. The molecule has 0 amide bonds. The molecule has 0 saturated carbocycles. The topological polar surface area (TPSA) is 3.24 Å². The second kappa shape index (κ2) is 9.90. The quantitative estimate of drug-likeness (QED) is 0.212. The number of nitrogens with zero attached hydrogens (tertiary/aromatic N) is 1. The van der Waals surface area contributed by atoms with E-state index in [4.69, 9.17) is 0 Å². The molecule has 8 rings (SSSR count). The molecule has 0 unspecified atom stereocenters. The molecule has 7 aromatic rings. The Morgan fingerprint density at radius 2 is 0.857 bits per heavy atom. The normalized spacial score (nSPS) is 13.0. The van der Waals surface area contributed by atoms with Gasteiger partial charge in [-0.3, -0.25) is 0 Å². The van der Waals surface area contributed by atoms with Crippen LogP contribution in [0.3, 0.4) is 0 Å². The van der Waals surface area contributed by atoms with Crippen molar-refractivity contribution in [2.24, 2.45) is 0 Å².